The first kappa shape index (κ1) is 27.6. The molecule has 0 aromatic rings. The second-order valence-electron chi connectivity index (χ2n) is 8.29. The van der Waals surface area contributed by atoms with Crippen molar-refractivity contribution >= 4 is 5.97 Å². The molecule has 0 unspecified atom stereocenters. The molecule has 0 aliphatic carbocycles. The monoisotopic (exact) mass is 411 g/mol. The molecule has 0 saturated carbocycles. The fourth-order valence-corrected chi connectivity index (χ4v) is 3.63. The third-order valence-electron chi connectivity index (χ3n) is 5.50. The molecule has 0 aromatic carbocycles. The highest BCUT2D eigenvalue weighted by Crippen LogP contribution is 2.16. The van der Waals surface area contributed by atoms with Gasteiger partial charge in [0.1, 0.15) is 0 Å². The van der Waals surface area contributed by atoms with E-state index in [2.05, 4.69) is 6.92 Å². The van der Waals surface area contributed by atoms with Gasteiger partial charge in [-0.05, 0) is 31.8 Å². The van der Waals surface area contributed by atoms with E-state index < -0.39 is 5.97 Å². The molecule has 0 saturated heterocycles. The molecule has 0 spiro atoms. The predicted molar refractivity (Wildman–Crippen MR) is 121 cm³/mol. The lowest BCUT2D eigenvalue weighted by Crippen LogP contribution is -1.99. The van der Waals surface area contributed by atoms with Crippen LogP contribution in [0.2, 0.25) is 0 Å². The summed E-state index contributed by atoms with van der Waals surface area (Å²) < 4.78 is 0. The van der Waals surface area contributed by atoms with Gasteiger partial charge in [-0.1, -0.05) is 96.8 Å². The van der Waals surface area contributed by atoms with Gasteiger partial charge >= 0.3 is 5.97 Å². The van der Waals surface area contributed by atoms with E-state index in [0.29, 0.717) is 18.5 Å². The zero-order valence-corrected chi connectivity index (χ0v) is 18.8. The molecule has 0 bridgehead atoms. The number of nitro groups is 1. The largest absolute Gasteiger partial charge is 0.481 e. The van der Waals surface area contributed by atoms with Crippen molar-refractivity contribution in [3.05, 3.63) is 21.9 Å². The topological polar surface area (TPSA) is 80.4 Å². The Kier molecular flexibility index (Phi) is 20.3. The quantitative estimate of drug-likeness (QED) is 0.111. The van der Waals surface area contributed by atoms with Crippen LogP contribution in [-0.2, 0) is 4.79 Å². The molecule has 0 aromatic heterocycles. The van der Waals surface area contributed by atoms with E-state index in [-0.39, 0.29) is 4.92 Å². The molecule has 29 heavy (non-hydrogen) atoms. The number of carboxylic acid groups (broad SMARTS) is 1. The molecule has 0 heterocycles. The van der Waals surface area contributed by atoms with Crippen LogP contribution in [-0.4, -0.2) is 16.0 Å². The number of nitrogens with zero attached hydrogens (tertiary/aromatic N) is 1. The van der Waals surface area contributed by atoms with Crippen molar-refractivity contribution in [3.8, 4) is 0 Å². The molecule has 5 heteroatoms. The summed E-state index contributed by atoms with van der Waals surface area (Å²) >= 11 is 0. The molecule has 0 fully saturated rings. The van der Waals surface area contributed by atoms with E-state index in [0.717, 1.165) is 51.4 Å². The number of hydrogen-bond acceptors (Lipinski definition) is 3. The third-order valence-corrected chi connectivity index (χ3v) is 5.50. The molecule has 0 rings (SSSR count). The molecule has 5 nitrogen and oxygen atoms in total. The fourth-order valence-electron chi connectivity index (χ4n) is 3.63. The number of unbranched alkanes of at least 4 members (excludes halogenated alkanes) is 16. The third kappa shape index (κ3) is 21.1. The average Bonchev–Trinajstić information content (AvgIpc) is 2.68. The first-order valence-corrected chi connectivity index (χ1v) is 12.1. The van der Waals surface area contributed by atoms with E-state index in [4.69, 9.17) is 5.11 Å². The minimum absolute atomic E-state index is 0.187. The second kappa shape index (κ2) is 21.3. The summed E-state index contributed by atoms with van der Waals surface area (Å²) in [6.45, 7) is 2.20. The maximum absolute atomic E-state index is 11.2. The van der Waals surface area contributed by atoms with Crippen molar-refractivity contribution in [1.82, 2.24) is 0 Å². The highest BCUT2D eigenvalue weighted by atomic mass is 16.6. The maximum atomic E-state index is 11.2. The molecule has 170 valence electrons. The summed E-state index contributed by atoms with van der Waals surface area (Å²) in [5.74, 6) is -0.687. The highest BCUT2D eigenvalue weighted by molar-refractivity contribution is 5.66. The zero-order valence-electron chi connectivity index (χ0n) is 18.8. The lowest BCUT2D eigenvalue weighted by atomic mass is 10.0. The van der Waals surface area contributed by atoms with Gasteiger partial charge in [-0.2, -0.15) is 0 Å². The van der Waals surface area contributed by atoms with Crippen LogP contribution in [0.3, 0.4) is 0 Å². The van der Waals surface area contributed by atoms with Crippen molar-refractivity contribution in [2.75, 3.05) is 0 Å². The van der Waals surface area contributed by atoms with Crippen molar-refractivity contribution in [2.24, 2.45) is 0 Å². The van der Waals surface area contributed by atoms with Gasteiger partial charge in [0.05, 0.1) is 4.92 Å². The highest BCUT2D eigenvalue weighted by Gasteiger charge is 2.09. The lowest BCUT2D eigenvalue weighted by molar-refractivity contribution is -0.428. The van der Waals surface area contributed by atoms with Crippen LogP contribution in [0, 0.1) is 10.1 Å². The summed E-state index contributed by atoms with van der Waals surface area (Å²) in [5.41, 5.74) is 0.420. The Morgan fingerprint density at radius 1 is 0.724 bits per heavy atom. The van der Waals surface area contributed by atoms with Crippen LogP contribution in [0.5, 0.6) is 0 Å². The normalized spacial score (nSPS) is 11.7. The molecule has 0 amide bonds. The number of carboxylic acids is 1. The molecular formula is C24H45NO4. The molecule has 0 radical (unpaired) electrons. The summed E-state index contributed by atoms with van der Waals surface area (Å²) in [4.78, 5) is 21.4. The summed E-state index contributed by atoms with van der Waals surface area (Å²) in [7, 11) is 0. The van der Waals surface area contributed by atoms with Crippen LogP contribution in [0.25, 0.3) is 0 Å². The van der Waals surface area contributed by atoms with Gasteiger partial charge < -0.3 is 5.11 Å². The van der Waals surface area contributed by atoms with Gasteiger partial charge in [0.25, 0.3) is 0 Å². The molecule has 0 atom stereocenters. The Hall–Kier alpha value is -1.39. The van der Waals surface area contributed by atoms with Gasteiger partial charge in [-0.25, -0.2) is 0 Å². The number of allylic oxidation sites excluding steroid dienone is 2. The van der Waals surface area contributed by atoms with E-state index in [1.165, 1.54) is 64.2 Å². The number of carbonyl (C=O) groups is 1. The van der Waals surface area contributed by atoms with Crippen LogP contribution in [0.4, 0.5) is 0 Å². The van der Waals surface area contributed by atoms with Crippen LogP contribution >= 0.6 is 0 Å². The molecular weight excluding hydrogens is 366 g/mol. The summed E-state index contributed by atoms with van der Waals surface area (Å²) in [6, 6.07) is 0. The maximum Gasteiger partial charge on any atom is 0.303 e. The van der Waals surface area contributed by atoms with Crippen LogP contribution < -0.4 is 0 Å². The smallest absolute Gasteiger partial charge is 0.303 e. The number of aliphatic carboxylic acids is 1. The Bertz CT molecular complexity index is 435. The van der Waals surface area contributed by atoms with Gasteiger partial charge in [0.15, 0.2) is 0 Å². The van der Waals surface area contributed by atoms with Crippen LogP contribution in [0.15, 0.2) is 11.8 Å². The van der Waals surface area contributed by atoms with E-state index in [1.807, 2.05) is 6.08 Å². The van der Waals surface area contributed by atoms with Gasteiger partial charge in [0, 0.05) is 12.8 Å². The number of rotatable bonds is 22. The van der Waals surface area contributed by atoms with Crippen molar-refractivity contribution < 1.29 is 14.8 Å². The molecule has 0 aliphatic heterocycles. The molecule has 0 aliphatic rings. The minimum Gasteiger partial charge on any atom is -0.481 e. The Morgan fingerprint density at radius 2 is 1.14 bits per heavy atom. The van der Waals surface area contributed by atoms with Crippen molar-refractivity contribution in [2.45, 2.75) is 135 Å². The Labute approximate surface area is 178 Å². The number of hydrogen-bond donors (Lipinski definition) is 1. The average molecular weight is 412 g/mol. The van der Waals surface area contributed by atoms with E-state index >= 15 is 0 Å². The second-order valence-corrected chi connectivity index (χ2v) is 8.29. The van der Waals surface area contributed by atoms with E-state index in [9.17, 15) is 14.9 Å². The lowest BCUT2D eigenvalue weighted by Gasteiger charge is -2.03. The van der Waals surface area contributed by atoms with Crippen LogP contribution in [0.1, 0.15) is 135 Å². The molecule has 1 N–H and O–H groups in total. The summed E-state index contributed by atoms with van der Waals surface area (Å²) in [5, 5.41) is 19.7. The summed E-state index contributed by atoms with van der Waals surface area (Å²) in [6.07, 6.45) is 23.3. The van der Waals surface area contributed by atoms with Crippen molar-refractivity contribution in [3.63, 3.8) is 0 Å². The SMILES string of the molecule is CCCCCCCC/C(=C\CCCCCCCCCCCCCC(=O)O)[N+](=O)[O-]. The standard InChI is InChI=1S/C24H45NO4/c1-2-3-4-5-14-17-20-23(25(28)29)21-18-15-12-10-8-6-7-9-11-13-16-19-22-24(26)27/h21H,2-20,22H2,1H3,(H,26,27)/b23-21+. The first-order chi connectivity index (χ1) is 14.1. The van der Waals surface area contributed by atoms with Crippen molar-refractivity contribution in [1.29, 1.82) is 0 Å². The first-order valence-electron chi connectivity index (χ1n) is 12.1. The Balaban J connectivity index is 3.50. The van der Waals surface area contributed by atoms with Gasteiger partial charge in [0.2, 0.25) is 5.70 Å². The fraction of sp³-hybridized carbons (Fsp3) is 0.875. The minimum atomic E-state index is -0.687. The van der Waals surface area contributed by atoms with Gasteiger partial charge in [-0.15, -0.1) is 0 Å². The zero-order chi connectivity index (χ0) is 21.6. The Morgan fingerprint density at radius 3 is 1.59 bits per heavy atom. The van der Waals surface area contributed by atoms with E-state index in [1.54, 1.807) is 0 Å². The van der Waals surface area contributed by atoms with Gasteiger partial charge in [-0.3, -0.25) is 14.9 Å². The predicted octanol–water partition coefficient (Wildman–Crippen LogP) is 8.05.